The molecule has 2 N–H and O–H groups in total. The van der Waals surface area contributed by atoms with Crippen molar-refractivity contribution in [3.63, 3.8) is 0 Å². The van der Waals surface area contributed by atoms with Gasteiger partial charge in [0.05, 0.1) is 12.3 Å². The molecule has 1 aliphatic heterocycles. The van der Waals surface area contributed by atoms with Gasteiger partial charge in [0.1, 0.15) is 11.6 Å². The van der Waals surface area contributed by atoms with Gasteiger partial charge in [-0.05, 0) is 38.0 Å². The molecule has 2 heterocycles. The lowest BCUT2D eigenvalue weighted by Crippen LogP contribution is -2.30. The van der Waals surface area contributed by atoms with Crippen molar-refractivity contribution in [2.75, 3.05) is 6.79 Å². The Balaban J connectivity index is 1.65. The minimum atomic E-state index is -0.366. The van der Waals surface area contributed by atoms with Crippen LogP contribution < -0.4 is 10.1 Å². The second-order valence-corrected chi connectivity index (χ2v) is 6.40. The molecular weight excluding hydrogens is 325 g/mol. The largest absolute Gasteiger partial charge is 0.467 e. The maximum Gasteiger partial charge on any atom is 0.223 e. The van der Waals surface area contributed by atoms with Crippen LogP contribution in [0.3, 0.4) is 0 Å². The molecule has 0 unspecified atom stereocenters. The molecule has 1 aromatic heterocycles. The Morgan fingerprint density at radius 3 is 2.96 bits per heavy atom. The lowest BCUT2D eigenvalue weighted by atomic mass is 9.98. The first-order chi connectivity index (χ1) is 12.0. The Hall–Kier alpha value is -2.41. The summed E-state index contributed by atoms with van der Waals surface area (Å²) in [6.45, 7) is 6.39. The smallest absolute Gasteiger partial charge is 0.223 e. The molecule has 0 spiro atoms. The number of nitrogens with one attached hydrogen (secondary N) is 2. The minimum absolute atomic E-state index is 0.0925. The van der Waals surface area contributed by atoms with Crippen molar-refractivity contribution < 1.29 is 18.7 Å². The molecule has 1 aliphatic rings. The third kappa shape index (κ3) is 3.82. The molecular formula is C18H22FN3O3. The van der Waals surface area contributed by atoms with Crippen LogP contribution in [-0.2, 0) is 29.1 Å². The van der Waals surface area contributed by atoms with E-state index < -0.39 is 0 Å². The predicted molar refractivity (Wildman–Crippen MR) is 89.5 cm³/mol. The summed E-state index contributed by atoms with van der Waals surface area (Å²) in [5, 5.41) is 9.95. The number of halogens is 1. The van der Waals surface area contributed by atoms with Gasteiger partial charge in [-0.3, -0.25) is 9.89 Å². The van der Waals surface area contributed by atoms with Crippen molar-refractivity contribution in [3.05, 3.63) is 46.0 Å². The van der Waals surface area contributed by atoms with Gasteiger partial charge in [0.15, 0.2) is 6.79 Å². The third-order valence-corrected chi connectivity index (χ3v) is 4.44. The zero-order chi connectivity index (χ0) is 18.0. The van der Waals surface area contributed by atoms with E-state index in [1.807, 2.05) is 20.8 Å². The Morgan fingerprint density at radius 1 is 1.44 bits per heavy atom. The number of aromatic nitrogens is 2. The summed E-state index contributed by atoms with van der Waals surface area (Å²) in [5.41, 5.74) is 4.23. The summed E-state index contributed by atoms with van der Waals surface area (Å²) >= 11 is 0. The van der Waals surface area contributed by atoms with Crippen molar-refractivity contribution in [3.8, 4) is 5.75 Å². The highest BCUT2D eigenvalue weighted by molar-refractivity contribution is 5.78. The molecule has 0 bridgehead atoms. The molecule has 1 amide bonds. The van der Waals surface area contributed by atoms with Gasteiger partial charge in [-0.25, -0.2) is 4.39 Å². The van der Waals surface area contributed by atoms with E-state index in [2.05, 4.69) is 15.5 Å². The van der Waals surface area contributed by atoms with Crippen LogP contribution in [0.25, 0.3) is 0 Å². The first kappa shape index (κ1) is 17.4. The Bertz CT molecular complexity index is 769. The fourth-order valence-corrected chi connectivity index (χ4v) is 3.02. The van der Waals surface area contributed by atoms with E-state index in [1.54, 1.807) is 0 Å². The molecule has 25 heavy (non-hydrogen) atoms. The molecule has 6 nitrogen and oxygen atoms in total. The summed E-state index contributed by atoms with van der Waals surface area (Å²) in [7, 11) is 0. The lowest BCUT2D eigenvalue weighted by molar-refractivity contribution is -0.124. The van der Waals surface area contributed by atoms with Gasteiger partial charge < -0.3 is 14.8 Å². The quantitative estimate of drug-likeness (QED) is 0.871. The van der Waals surface area contributed by atoms with Gasteiger partial charge >= 0.3 is 0 Å². The number of H-pyrrole nitrogens is 1. The molecule has 134 valence electrons. The molecule has 1 aromatic carbocycles. The molecule has 0 fully saturated rings. The zero-order valence-electron chi connectivity index (χ0n) is 14.6. The van der Waals surface area contributed by atoms with Crippen molar-refractivity contribution in [2.24, 2.45) is 5.92 Å². The summed E-state index contributed by atoms with van der Waals surface area (Å²) in [6, 6.07) is 2.78. The monoisotopic (exact) mass is 347 g/mol. The molecule has 1 atom stereocenters. The highest BCUT2D eigenvalue weighted by Crippen LogP contribution is 2.29. The fraction of sp³-hybridized carbons (Fsp3) is 0.444. The van der Waals surface area contributed by atoms with Crippen LogP contribution in [0.5, 0.6) is 5.75 Å². The van der Waals surface area contributed by atoms with Gasteiger partial charge in [-0.2, -0.15) is 5.10 Å². The molecule has 0 radical (unpaired) electrons. The summed E-state index contributed by atoms with van der Waals surface area (Å²) < 4.78 is 24.4. The SMILES string of the molecule is Cc1n[nH]c(C)c1C[C@H](C)C(=O)NCc1cc(F)cc2c1OCOC2. The molecule has 0 aliphatic carbocycles. The number of carbonyl (C=O) groups excluding carboxylic acids is 1. The number of nitrogens with zero attached hydrogens (tertiary/aromatic N) is 1. The van der Waals surface area contributed by atoms with E-state index in [0.29, 0.717) is 29.9 Å². The Kier molecular flexibility index (Phi) is 5.03. The van der Waals surface area contributed by atoms with Crippen LogP contribution in [0.4, 0.5) is 4.39 Å². The molecule has 3 rings (SSSR count). The van der Waals surface area contributed by atoms with E-state index in [0.717, 1.165) is 17.0 Å². The predicted octanol–water partition coefficient (Wildman–Crippen LogP) is 2.53. The highest BCUT2D eigenvalue weighted by Gasteiger charge is 2.20. The molecule has 0 saturated carbocycles. The standard InChI is InChI=1S/C18H22FN3O3/c1-10(4-16-11(2)21-22-12(16)3)18(23)20-7-13-5-15(19)6-14-8-24-9-25-17(13)14/h5-6,10H,4,7-9H2,1-3H3,(H,20,23)(H,21,22)/t10-/m0/s1. The van der Waals surface area contributed by atoms with Crippen LogP contribution in [0.2, 0.25) is 0 Å². The maximum absolute atomic E-state index is 13.7. The Labute approximate surface area is 145 Å². The van der Waals surface area contributed by atoms with Crippen molar-refractivity contribution in [1.82, 2.24) is 15.5 Å². The van der Waals surface area contributed by atoms with E-state index in [-0.39, 0.29) is 31.0 Å². The van der Waals surface area contributed by atoms with E-state index in [4.69, 9.17) is 9.47 Å². The molecule has 0 saturated heterocycles. The van der Waals surface area contributed by atoms with Gasteiger partial charge in [-0.1, -0.05) is 6.92 Å². The van der Waals surface area contributed by atoms with E-state index >= 15 is 0 Å². The highest BCUT2D eigenvalue weighted by atomic mass is 19.1. The average molecular weight is 347 g/mol. The Morgan fingerprint density at radius 2 is 2.24 bits per heavy atom. The van der Waals surface area contributed by atoms with E-state index in [9.17, 15) is 9.18 Å². The van der Waals surface area contributed by atoms with Gasteiger partial charge in [0, 0.05) is 29.3 Å². The van der Waals surface area contributed by atoms with Crippen LogP contribution in [0.15, 0.2) is 12.1 Å². The van der Waals surface area contributed by atoms with Gasteiger partial charge in [0.25, 0.3) is 0 Å². The van der Waals surface area contributed by atoms with E-state index in [1.165, 1.54) is 12.1 Å². The minimum Gasteiger partial charge on any atom is -0.467 e. The number of amides is 1. The number of ether oxygens (including phenoxy) is 2. The first-order valence-corrected chi connectivity index (χ1v) is 8.25. The van der Waals surface area contributed by atoms with Crippen LogP contribution in [-0.4, -0.2) is 22.9 Å². The second kappa shape index (κ2) is 7.23. The van der Waals surface area contributed by atoms with Crippen molar-refractivity contribution >= 4 is 5.91 Å². The number of aromatic amines is 1. The first-order valence-electron chi connectivity index (χ1n) is 8.25. The summed E-state index contributed by atoms with van der Waals surface area (Å²) in [5.74, 6) is -0.0781. The lowest BCUT2D eigenvalue weighted by Gasteiger charge is -2.21. The topological polar surface area (TPSA) is 76.2 Å². The van der Waals surface area contributed by atoms with Crippen molar-refractivity contribution in [2.45, 2.75) is 40.3 Å². The number of benzene rings is 1. The summed E-state index contributed by atoms with van der Waals surface area (Å²) in [4.78, 5) is 12.4. The van der Waals surface area contributed by atoms with Gasteiger partial charge in [0.2, 0.25) is 5.91 Å². The van der Waals surface area contributed by atoms with Gasteiger partial charge in [-0.15, -0.1) is 0 Å². The zero-order valence-corrected chi connectivity index (χ0v) is 14.6. The third-order valence-electron chi connectivity index (χ3n) is 4.44. The molecule has 2 aromatic rings. The fourth-order valence-electron chi connectivity index (χ4n) is 3.02. The number of rotatable bonds is 5. The normalized spacial score (nSPS) is 14.6. The van der Waals surface area contributed by atoms with Crippen LogP contribution in [0, 0.1) is 25.6 Å². The summed E-state index contributed by atoms with van der Waals surface area (Å²) in [6.07, 6.45) is 0.603. The number of carbonyl (C=O) groups is 1. The number of fused-ring (bicyclic) bond motifs is 1. The maximum atomic E-state index is 13.7. The second-order valence-electron chi connectivity index (χ2n) is 6.40. The van der Waals surface area contributed by atoms with Crippen LogP contribution >= 0.6 is 0 Å². The van der Waals surface area contributed by atoms with Crippen molar-refractivity contribution in [1.29, 1.82) is 0 Å². The number of aryl methyl sites for hydroxylation is 2. The average Bonchev–Trinajstić information content (AvgIpc) is 2.91. The van der Waals surface area contributed by atoms with Crippen LogP contribution in [0.1, 0.15) is 35.0 Å². The molecule has 7 heteroatoms. The number of hydrogen-bond donors (Lipinski definition) is 2. The number of hydrogen-bond acceptors (Lipinski definition) is 4.